The molecule has 1 aliphatic heterocycles. The third kappa shape index (κ3) is 2.72. The largest absolute Gasteiger partial charge is 0.332 e. The Kier molecular flexibility index (Phi) is 3.71. The van der Waals surface area contributed by atoms with Gasteiger partial charge in [0.1, 0.15) is 0 Å². The monoisotopic (exact) mass is 246 g/mol. The summed E-state index contributed by atoms with van der Waals surface area (Å²) in [6.07, 6.45) is 0.982. The molecule has 1 fully saturated rings. The minimum Gasteiger partial charge on any atom is -0.332 e. The van der Waals surface area contributed by atoms with Crippen LogP contribution >= 0.6 is 0 Å². The molecule has 0 aliphatic carbocycles. The number of hydrogen-bond donors (Lipinski definition) is 1. The van der Waals surface area contributed by atoms with Crippen LogP contribution in [0.3, 0.4) is 0 Å². The molecule has 0 bridgehead atoms. The van der Waals surface area contributed by atoms with Gasteiger partial charge in [0.15, 0.2) is 0 Å². The SMILES string of the molecule is CC1NCCC(C)(C)N(Cc2ccccc2)C1=O. The van der Waals surface area contributed by atoms with Crippen LogP contribution in [0.2, 0.25) is 0 Å². The minimum atomic E-state index is -0.0926. The summed E-state index contributed by atoms with van der Waals surface area (Å²) in [7, 11) is 0. The molecule has 1 aromatic carbocycles. The van der Waals surface area contributed by atoms with E-state index < -0.39 is 0 Å². The second-order valence-electron chi connectivity index (χ2n) is 5.65. The first-order chi connectivity index (χ1) is 8.50. The van der Waals surface area contributed by atoms with Gasteiger partial charge in [-0.1, -0.05) is 30.3 Å². The molecule has 1 N–H and O–H groups in total. The standard InChI is InChI=1S/C15H22N2O/c1-12-14(18)17(15(2,3)9-10-16-12)11-13-7-5-4-6-8-13/h4-8,12,16H,9-11H2,1-3H3. The van der Waals surface area contributed by atoms with Crippen LogP contribution in [0, 0.1) is 0 Å². The van der Waals surface area contributed by atoms with Crippen LogP contribution in [0.25, 0.3) is 0 Å². The van der Waals surface area contributed by atoms with Gasteiger partial charge in [-0.05, 0) is 39.3 Å². The Morgan fingerprint density at radius 1 is 1.33 bits per heavy atom. The van der Waals surface area contributed by atoms with E-state index in [0.717, 1.165) is 13.0 Å². The Labute approximate surface area is 109 Å². The molecule has 1 aliphatic rings. The molecule has 3 nitrogen and oxygen atoms in total. The Morgan fingerprint density at radius 3 is 2.67 bits per heavy atom. The lowest BCUT2D eigenvalue weighted by atomic mass is 9.97. The van der Waals surface area contributed by atoms with E-state index in [1.54, 1.807) is 0 Å². The number of rotatable bonds is 2. The van der Waals surface area contributed by atoms with E-state index in [0.29, 0.717) is 6.54 Å². The lowest BCUT2D eigenvalue weighted by Gasteiger charge is -2.37. The second-order valence-corrected chi connectivity index (χ2v) is 5.65. The molecule has 1 amide bonds. The maximum Gasteiger partial charge on any atom is 0.240 e. The highest BCUT2D eigenvalue weighted by Crippen LogP contribution is 2.24. The Morgan fingerprint density at radius 2 is 2.00 bits per heavy atom. The van der Waals surface area contributed by atoms with Crippen LogP contribution in [0.5, 0.6) is 0 Å². The summed E-state index contributed by atoms with van der Waals surface area (Å²) in [5.74, 6) is 0.196. The van der Waals surface area contributed by atoms with Gasteiger partial charge in [0.25, 0.3) is 0 Å². The molecule has 0 aromatic heterocycles. The topological polar surface area (TPSA) is 32.3 Å². The molecule has 0 spiro atoms. The summed E-state index contributed by atoms with van der Waals surface area (Å²) < 4.78 is 0. The van der Waals surface area contributed by atoms with Gasteiger partial charge in [0.2, 0.25) is 5.91 Å². The van der Waals surface area contributed by atoms with E-state index in [2.05, 4.69) is 31.3 Å². The van der Waals surface area contributed by atoms with Crippen molar-refractivity contribution in [1.82, 2.24) is 10.2 Å². The van der Waals surface area contributed by atoms with Crippen LogP contribution in [-0.2, 0) is 11.3 Å². The van der Waals surface area contributed by atoms with Crippen LogP contribution in [-0.4, -0.2) is 28.9 Å². The van der Waals surface area contributed by atoms with Gasteiger partial charge in [0, 0.05) is 12.1 Å². The molecule has 1 aromatic rings. The van der Waals surface area contributed by atoms with Crippen molar-refractivity contribution < 1.29 is 4.79 Å². The van der Waals surface area contributed by atoms with Crippen molar-refractivity contribution >= 4 is 5.91 Å². The number of benzene rings is 1. The zero-order valence-electron chi connectivity index (χ0n) is 11.4. The number of carbonyl (C=O) groups is 1. The first-order valence-electron chi connectivity index (χ1n) is 6.59. The lowest BCUT2D eigenvalue weighted by Crippen LogP contribution is -2.49. The number of amides is 1. The summed E-state index contributed by atoms with van der Waals surface area (Å²) in [5, 5.41) is 3.27. The fourth-order valence-corrected chi connectivity index (χ4v) is 2.41. The highest BCUT2D eigenvalue weighted by molar-refractivity contribution is 5.82. The fourth-order valence-electron chi connectivity index (χ4n) is 2.41. The highest BCUT2D eigenvalue weighted by atomic mass is 16.2. The van der Waals surface area contributed by atoms with E-state index in [1.807, 2.05) is 30.0 Å². The Balaban J connectivity index is 2.23. The number of nitrogens with one attached hydrogen (secondary N) is 1. The van der Waals surface area contributed by atoms with E-state index in [1.165, 1.54) is 5.56 Å². The summed E-state index contributed by atoms with van der Waals surface area (Å²) in [5.41, 5.74) is 1.10. The molecule has 1 saturated heterocycles. The second kappa shape index (κ2) is 5.11. The smallest absolute Gasteiger partial charge is 0.240 e. The fraction of sp³-hybridized carbons (Fsp3) is 0.533. The third-order valence-corrected chi connectivity index (χ3v) is 3.74. The molecule has 0 radical (unpaired) electrons. The lowest BCUT2D eigenvalue weighted by molar-refractivity contribution is -0.137. The third-order valence-electron chi connectivity index (χ3n) is 3.74. The van der Waals surface area contributed by atoms with Crippen molar-refractivity contribution in [2.24, 2.45) is 0 Å². The first kappa shape index (κ1) is 13.1. The van der Waals surface area contributed by atoms with Gasteiger partial charge in [-0.15, -0.1) is 0 Å². The maximum absolute atomic E-state index is 12.4. The van der Waals surface area contributed by atoms with E-state index >= 15 is 0 Å². The summed E-state index contributed by atoms with van der Waals surface area (Å²) in [6, 6.07) is 10.1. The first-order valence-corrected chi connectivity index (χ1v) is 6.59. The number of carbonyl (C=O) groups excluding carboxylic acids is 1. The molecule has 98 valence electrons. The predicted molar refractivity (Wildman–Crippen MR) is 73.2 cm³/mol. The summed E-state index contributed by atoms with van der Waals surface area (Å²) >= 11 is 0. The van der Waals surface area contributed by atoms with Crippen molar-refractivity contribution in [3.63, 3.8) is 0 Å². The van der Waals surface area contributed by atoms with Crippen molar-refractivity contribution in [1.29, 1.82) is 0 Å². The molecular formula is C15H22N2O. The molecule has 1 unspecified atom stereocenters. The van der Waals surface area contributed by atoms with E-state index in [4.69, 9.17) is 0 Å². The maximum atomic E-state index is 12.4. The number of hydrogen-bond acceptors (Lipinski definition) is 2. The van der Waals surface area contributed by atoms with Crippen molar-refractivity contribution in [2.75, 3.05) is 6.54 Å². The minimum absolute atomic E-state index is 0.0875. The molecular weight excluding hydrogens is 224 g/mol. The van der Waals surface area contributed by atoms with Gasteiger partial charge in [-0.25, -0.2) is 0 Å². The number of nitrogens with zero attached hydrogens (tertiary/aromatic N) is 1. The summed E-state index contributed by atoms with van der Waals surface area (Å²) in [4.78, 5) is 14.4. The van der Waals surface area contributed by atoms with Gasteiger partial charge in [-0.3, -0.25) is 4.79 Å². The van der Waals surface area contributed by atoms with Crippen molar-refractivity contribution in [2.45, 2.75) is 45.3 Å². The van der Waals surface area contributed by atoms with Gasteiger partial charge in [-0.2, -0.15) is 0 Å². The molecule has 1 heterocycles. The average Bonchev–Trinajstić information content (AvgIpc) is 2.43. The van der Waals surface area contributed by atoms with Crippen LogP contribution in [0.15, 0.2) is 30.3 Å². The van der Waals surface area contributed by atoms with Gasteiger partial charge in [0.05, 0.1) is 6.04 Å². The highest BCUT2D eigenvalue weighted by Gasteiger charge is 2.35. The van der Waals surface area contributed by atoms with Gasteiger partial charge >= 0.3 is 0 Å². The molecule has 1 atom stereocenters. The Bertz CT molecular complexity index is 414. The molecule has 3 heteroatoms. The van der Waals surface area contributed by atoms with Gasteiger partial charge < -0.3 is 10.2 Å². The van der Waals surface area contributed by atoms with Crippen molar-refractivity contribution in [3.05, 3.63) is 35.9 Å². The average molecular weight is 246 g/mol. The summed E-state index contributed by atoms with van der Waals surface area (Å²) in [6.45, 7) is 7.83. The quantitative estimate of drug-likeness (QED) is 0.867. The van der Waals surface area contributed by atoms with E-state index in [-0.39, 0.29) is 17.5 Å². The molecule has 0 saturated carbocycles. The van der Waals surface area contributed by atoms with Crippen LogP contribution < -0.4 is 5.32 Å². The molecule has 18 heavy (non-hydrogen) atoms. The van der Waals surface area contributed by atoms with Crippen LogP contribution in [0.1, 0.15) is 32.8 Å². The molecule has 2 rings (SSSR count). The zero-order chi connectivity index (χ0) is 13.2. The van der Waals surface area contributed by atoms with E-state index in [9.17, 15) is 4.79 Å². The van der Waals surface area contributed by atoms with Crippen LogP contribution in [0.4, 0.5) is 0 Å². The predicted octanol–water partition coefficient (Wildman–Crippen LogP) is 2.18. The Hall–Kier alpha value is -1.35. The normalized spacial score (nSPS) is 23.8. The zero-order valence-corrected chi connectivity index (χ0v) is 11.4. The van der Waals surface area contributed by atoms with Crippen molar-refractivity contribution in [3.8, 4) is 0 Å².